The number of hydrogen-bond acceptors (Lipinski definition) is 4. The van der Waals surface area contributed by atoms with E-state index in [1.54, 1.807) is 6.20 Å². The van der Waals surface area contributed by atoms with Gasteiger partial charge in [-0.2, -0.15) is 0 Å². The molecule has 0 aromatic carbocycles. The highest BCUT2D eigenvalue weighted by Crippen LogP contribution is 2.29. The molecule has 1 aromatic heterocycles. The van der Waals surface area contributed by atoms with Gasteiger partial charge in [0.15, 0.2) is 5.82 Å². The number of rotatable bonds is 2. The molecule has 1 amide bonds. The van der Waals surface area contributed by atoms with Crippen molar-refractivity contribution in [2.24, 2.45) is 5.73 Å². The molecule has 1 saturated heterocycles. The Bertz CT molecular complexity index is 433. The Balaban J connectivity index is 2.36. The van der Waals surface area contributed by atoms with E-state index in [0.717, 1.165) is 31.4 Å². The number of carbonyl (C=O) groups excluding carboxylic acids is 1. The molecule has 0 aliphatic carbocycles. The van der Waals surface area contributed by atoms with Crippen LogP contribution >= 0.6 is 0 Å². The predicted octanol–water partition coefficient (Wildman–Crippen LogP) is 0.816. The van der Waals surface area contributed by atoms with Crippen LogP contribution in [0, 0.1) is 6.92 Å². The first-order chi connectivity index (χ1) is 8.11. The number of hydrogen-bond donors (Lipinski definition) is 2. The van der Waals surface area contributed by atoms with Gasteiger partial charge in [-0.1, -0.05) is 0 Å². The number of piperidine rings is 1. The van der Waals surface area contributed by atoms with Gasteiger partial charge < -0.3 is 16.4 Å². The second-order valence-electron chi connectivity index (χ2n) is 4.47. The van der Waals surface area contributed by atoms with Gasteiger partial charge in [-0.3, -0.25) is 4.79 Å². The summed E-state index contributed by atoms with van der Waals surface area (Å²) in [6, 6.07) is 1.59. The molecule has 1 fully saturated rings. The SMILES string of the molecule is Cc1ccnc(N2CCCCC2C(N)=O)c1N. The summed E-state index contributed by atoms with van der Waals surface area (Å²) in [6.07, 6.45) is 4.56. The first-order valence-corrected chi connectivity index (χ1v) is 5.88. The Morgan fingerprint density at radius 2 is 2.29 bits per heavy atom. The van der Waals surface area contributed by atoms with Crippen LogP contribution in [-0.2, 0) is 4.79 Å². The van der Waals surface area contributed by atoms with Crippen LogP contribution in [0.4, 0.5) is 11.5 Å². The Hall–Kier alpha value is -1.78. The topological polar surface area (TPSA) is 85.2 Å². The summed E-state index contributed by atoms with van der Waals surface area (Å²) < 4.78 is 0. The van der Waals surface area contributed by atoms with Crippen molar-refractivity contribution < 1.29 is 4.79 Å². The number of aromatic nitrogens is 1. The maximum atomic E-state index is 11.4. The predicted molar refractivity (Wildman–Crippen MR) is 67.6 cm³/mol. The Labute approximate surface area is 101 Å². The van der Waals surface area contributed by atoms with Gasteiger partial charge in [0, 0.05) is 12.7 Å². The van der Waals surface area contributed by atoms with Crippen molar-refractivity contribution in [3.8, 4) is 0 Å². The fraction of sp³-hybridized carbons (Fsp3) is 0.500. The minimum absolute atomic E-state index is 0.277. The third-order valence-corrected chi connectivity index (χ3v) is 3.29. The maximum absolute atomic E-state index is 11.4. The van der Waals surface area contributed by atoms with Crippen molar-refractivity contribution in [3.05, 3.63) is 17.8 Å². The average Bonchev–Trinajstić information content (AvgIpc) is 2.33. The zero-order chi connectivity index (χ0) is 12.4. The average molecular weight is 234 g/mol. The Morgan fingerprint density at radius 1 is 1.53 bits per heavy atom. The number of nitrogens with two attached hydrogens (primary N) is 2. The normalized spacial score (nSPS) is 20.3. The van der Waals surface area contributed by atoms with E-state index in [1.807, 2.05) is 17.9 Å². The number of nitrogens with zero attached hydrogens (tertiary/aromatic N) is 2. The Morgan fingerprint density at radius 3 is 3.00 bits per heavy atom. The zero-order valence-corrected chi connectivity index (χ0v) is 10.0. The molecule has 4 N–H and O–H groups in total. The van der Waals surface area contributed by atoms with Gasteiger partial charge in [-0.15, -0.1) is 0 Å². The molecule has 0 bridgehead atoms. The molecule has 1 atom stereocenters. The summed E-state index contributed by atoms with van der Waals surface area (Å²) in [5.74, 6) is 0.390. The lowest BCUT2D eigenvalue weighted by molar-refractivity contribution is -0.119. The number of pyridine rings is 1. The van der Waals surface area contributed by atoms with Gasteiger partial charge in [0.25, 0.3) is 0 Å². The highest BCUT2D eigenvalue weighted by Gasteiger charge is 2.29. The van der Waals surface area contributed by atoms with Crippen LogP contribution in [0.2, 0.25) is 0 Å². The monoisotopic (exact) mass is 234 g/mol. The highest BCUT2D eigenvalue weighted by molar-refractivity contribution is 5.85. The number of aryl methyl sites for hydroxylation is 1. The van der Waals surface area contributed by atoms with Crippen LogP contribution in [0.5, 0.6) is 0 Å². The molecule has 1 aromatic rings. The van der Waals surface area contributed by atoms with E-state index in [4.69, 9.17) is 11.5 Å². The summed E-state index contributed by atoms with van der Waals surface area (Å²) in [4.78, 5) is 17.7. The standard InChI is InChI=1S/C12H18N4O/c1-8-5-6-15-12(10(8)13)16-7-3-2-4-9(16)11(14)17/h5-6,9H,2-4,7,13H2,1H3,(H2,14,17). The van der Waals surface area contributed by atoms with Gasteiger partial charge in [0.2, 0.25) is 5.91 Å². The number of carbonyl (C=O) groups is 1. The second-order valence-corrected chi connectivity index (χ2v) is 4.47. The van der Waals surface area contributed by atoms with Crippen molar-refractivity contribution >= 4 is 17.4 Å². The summed E-state index contributed by atoms with van der Waals surface area (Å²) in [5.41, 5.74) is 13.1. The quantitative estimate of drug-likeness (QED) is 0.793. The van der Waals surface area contributed by atoms with Crippen LogP contribution in [-0.4, -0.2) is 23.5 Å². The van der Waals surface area contributed by atoms with Crippen molar-refractivity contribution in [2.75, 3.05) is 17.2 Å². The lowest BCUT2D eigenvalue weighted by Crippen LogP contribution is -2.48. The number of anilines is 2. The molecule has 1 unspecified atom stereocenters. The molecular formula is C12H18N4O. The lowest BCUT2D eigenvalue weighted by Gasteiger charge is -2.35. The van der Waals surface area contributed by atoms with E-state index in [1.165, 1.54) is 0 Å². The zero-order valence-electron chi connectivity index (χ0n) is 10.0. The van der Waals surface area contributed by atoms with E-state index in [-0.39, 0.29) is 11.9 Å². The molecule has 17 heavy (non-hydrogen) atoms. The van der Waals surface area contributed by atoms with Crippen molar-refractivity contribution in [3.63, 3.8) is 0 Å². The fourth-order valence-electron chi connectivity index (χ4n) is 2.27. The minimum atomic E-state index is -0.299. The smallest absolute Gasteiger partial charge is 0.240 e. The first-order valence-electron chi connectivity index (χ1n) is 5.88. The van der Waals surface area contributed by atoms with Gasteiger partial charge in [0.1, 0.15) is 6.04 Å². The van der Waals surface area contributed by atoms with E-state index in [9.17, 15) is 4.79 Å². The fourth-order valence-corrected chi connectivity index (χ4v) is 2.27. The van der Waals surface area contributed by atoms with Gasteiger partial charge in [-0.05, 0) is 37.8 Å². The van der Waals surface area contributed by atoms with E-state index in [0.29, 0.717) is 11.5 Å². The molecule has 92 valence electrons. The number of nitrogen functional groups attached to an aromatic ring is 1. The molecule has 2 rings (SSSR count). The van der Waals surface area contributed by atoms with Crippen molar-refractivity contribution in [1.29, 1.82) is 0 Å². The molecule has 0 saturated carbocycles. The van der Waals surface area contributed by atoms with E-state index < -0.39 is 0 Å². The van der Waals surface area contributed by atoms with Crippen LogP contribution in [0.25, 0.3) is 0 Å². The third kappa shape index (κ3) is 2.18. The van der Waals surface area contributed by atoms with Crippen molar-refractivity contribution in [2.45, 2.75) is 32.2 Å². The van der Waals surface area contributed by atoms with Crippen LogP contribution in [0.15, 0.2) is 12.3 Å². The van der Waals surface area contributed by atoms with E-state index >= 15 is 0 Å². The maximum Gasteiger partial charge on any atom is 0.240 e. The molecule has 5 heteroatoms. The first kappa shape index (κ1) is 11.7. The molecule has 0 spiro atoms. The number of primary amides is 1. The molecule has 2 heterocycles. The summed E-state index contributed by atoms with van der Waals surface area (Å²) in [7, 11) is 0. The largest absolute Gasteiger partial charge is 0.396 e. The molecule has 1 aliphatic rings. The van der Waals surface area contributed by atoms with Crippen LogP contribution in [0.1, 0.15) is 24.8 Å². The molecule has 5 nitrogen and oxygen atoms in total. The van der Waals surface area contributed by atoms with Crippen LogP contribution in [0.3, 0.4) is 0 Å². The van der Waals surface area contributed by atoms with Gasteiger partial charge >= 0.3 is 0 Å². The minimum Gasteiger partial charge on any atom is -0.396 e. The molecule has 1 aliphatic heterocycles. The summed E-state index contributed by atoms with van der Waals surface area (Å²) in [5, 5.41) is 0. The lowest BCUT2D eigenvalue weighted by atomic mass is 10.0. The second kappa shape index (κ2) is 4.61. The van der Waals surface area contributed by atoms with Crippen molar-refractivity contribution in [1.82, 2.24) is 4.98 Å². The Kier molecular flexibility index (Phi) is 3.17. The van der Waals surface area contributed by atoms with Crippen LogP contribution < -0.4 is 16.4 Å². The van der Waals surface area contributed by atoms with E-state index in [2.05, 4.69) is 4.98 Å². The molecular weight excluding hydrogens is 216 g/mol. The van der Waals surface area contributed by atoms with Gasteiger partial charge in [-0.25, -0.2) is 4.98 Å². The molecule has 0 radical (unpaired) electrons. The highest BCUT2D eigenvalue weighted by atomic mass is 16.1. The summed E-state index contributed by atoms with van der Waals surface area (Å²) in [6.45, 7) is 2.72. The number of amides is 1. The summed E-state index contributed by atoms with van der Waals surface area (Å²) >= 11 is 0. The third-order valence-electron chi connectivity index (χ3n) is 3.29. The van der Waals surface area contributed by atoms with Gasteiger partial charge in [0.05, 0.1) is 5.69 Å².